The van der Waals surface area contributed by atoms with Gasteiger partial charge < -0.3 is 10.2 Å². The highest BCUT2D eigenvalue weighted by Crippen LogP contribution is 2.37. The van der Waals surface area contributed by atoms with Crippen molar-refractivity contribution >= 4 is 45.8 Å². The SMILES string of the molecule is CC[C@H](C(=O)NC(C)(C)C)N(Cc1ccccc1Cl)C(=O)CN1C(=O)c2cccc3cccc1c23. The van der Waals surface area contributed by atoms with Gasteiger partial charge in [0.05, 0.1) is 5.69 Å². The summed E-state index contributed by atoms with van der Waals surface area (Å²) in [4.78, 5) is 43.3. The molecule has 1 heterocycles. The summed E-state index contributed by atoms with van der Waals surface area (Å²) in [5.41, 5.74) is 1.58. The lowest BCUT2D eigenvalue weighted by molar-refractivity contribution is -0.141. The zero-order valence-corrected chi connectivity index (χ0v) is 21.2. The summed E-state index contributed by atoms with van der Waals surface area (Å²) in [5.74, 6) is -0.771. The molecule has 1 aliphatic rings. The second-order valence-electron chi connectivity index (χ2n) is 9.85. The Balaban J connectivity index is 1.67. The third-order valence-electron chi connectivity index (χ3n) is 6.13. The lowest BCUT2D eigenvalue weighted by Crippen LogP contribution is -2.55. The van der Waals surface area contributed by atoms with Crippen LogP contribution in [0.2, 0.25) is 5.02 Å². The fraction of sp³-hybridized carbons (Fsp3) is 0.321. The van der Waals surface area contributed by atoms with Crippen LogP contribution in [0.1, 0.15) is 50.0 Å². The van der Waals surface area contributed by atoms with E-state index in [1.807, 2.05) is 76.2 Å². The summed E-state index contributed by atoms with van der Waals surface area (Å²) in [6, 6.07) is 17.8. The van der Waals surface area contributed by atoms with Crippen molar-refractivity contribution in [2.45, 2.75) is 52.2 Å². The Kier molecular flexibility index (Phi) is 6.86. The second-order valence-corrected chi connectivity index (χ2v) is 10.3. The van der Waals surface area contributed by atoms with E-state index >= 15 is 0 Å². The third kappa shape index (κ3) is 5.03. The van der Waals surface area contributed by atoms with E-state index in [1.165, 1.54) is 4.90 Å². The summed E-state index contributed by atoms with van der Waals surface area (Å²) < 4.78 is 0. The van der Waals surface area contributed by atoms with Gasteiger partial charge in [-0.1, -0.05) is 61.0 Å². The minimum absolute atomic E-state index is 0.160. The topological polar surface area (TPSA) is 69.7 Å². The van der Waals surface area contributed by atoms with Crippen molar-refractivity contribution in [3.05, 3.63) is 76.8 Å². The Morgan fingerprint density at radius 1 is 1.03 bits per heavy atom. The number of amides is 3. The molecule has 7 heteroatoms. The molecule has 0 radical (unpaired) electrons. The Morgan fingerprint density at radius 2 is 1.71 bits per heavy atom. The van der Waals surface area contributed by atoms with E-state index in [2.05, 4.69) is 5.32 Å². The maximum Gasteiger partial charge on any atom is 0.259 e. The molecule has 3 aromatic rings. The molecule has 3 amide bonds. The van der Waals surface area contributed by atoms with E-state index in [0.717, 1.165) is 16.3 Å². The van der Waals surface area contributed by atoms with Gasteiger partial charge in [0.1, 0.15) is 12.6 Å². The summed E-state index contributed by atoms with van der Waals surface area (Å²) >= 11 is 6.41. The van der Waals surface area contributed by atoms with Crippen molar-refractivity contribution < 1.29 is 14.4 Å². The average Bonchev–Trinajstić information content (AvgIpc) is 3.07. The van der Waals surface area contributed by atoms with E-state index in [1.54, 1.807) is 17.0 Å². The molecule has 4 rings (SSSR count). The van der Waals surface area contributed by atoms with Crippen molar-refractivity contribution in [1.82, 2.24) is 10.2 Å². The van der Waals surface area contributed by atoms with Crippen LogP contribution in [-0.2, 0) is 16.1 Å². The van der Waals surface area contributed by atoms with Crippen molar-refractivity contribution in [3.63, 3.8) is 0 Å². The minimum atomic E-state index is -0.714. The highest BCUT2D eigenvalue weighted by atomic mass is 35.5. The Hall–Kier alpha value is -3.38. The fourth-order valence-corrected chi connectivity index (χ4v) is 4.74. The maximum absolute atomic E-state index is 13.8. The highest BCUT2D eigenvalue weighted by molar-refractivity contribution is 6.31. The van der Waals surface area contributed by atoms with Crippen LogP contribution in [0, 0.1) is 0 Å². The molecule has 1 atom stereocenters. The van der Waals surface area contributed by atoms with Gasteiger partial charge in [-0.05, 0) is 56.3 Å². The molecule has 1 N–H and O–H groups in total. The number of hydrogen-bond donors (Lipinski definition) is 1. The van der Waals surface area contributed by atoms with Gasteiger partial charge >= 0.3 is 0 Å². The van der Waals surface area contributed by atoms with Gasteiger partial charge in [0.25, 0.3) is 5.91 Å². The first-order valence-electron chi connectivity index (χ1n) is 11.8. The first-order valence-corrected chi connectivity index (χ1v) is 12.2. The van der Waals surface area contributed by atoms with Crippen LogP contribution in [0.4, 0.5) is 5.69 Å². The molecule has 0 aliphatic carbocycles. The number of nitrogens with one attached hydrogen (secondary N) is 1. The van der Waals surface area contributed by atoms with Crippen molar-refractivity contribution in [2.24, 2.45) is 0 Å². The number of nitrogens with zero attached hydrogens (tertiary/aromatic N) is 2. The number of carbonyl (C=O) groups is 3. The van der Waals surface area contributed by atoms with Gasteiger partial charge in [0, 0.05) is 28.1 Å². The summed E-state index contributed by atoms with van der Waals surface area (Å²) in [6.45, 7) is 7.57. The molecule has 182 valence electrons. The smallest absolute Gasteiger partial charge is 0.259 e. The third-order valence-corrected chi connectivity index (χ3v) is 6.49. The maximum atomic E-state index is 13.8. The molecule has 0 spiro atoms. The van der Waals surface area contributed by atoms with Gasteiger partial charge in [-0.3, -0.25) is 19.3 Å². The monoisotopic (exact) mass is 491 g/mol. The Labute approximate surface area is 210 Å². The standard InChI is InChI=1S/C28H30ClN3O3/c1-5-22(26(34)30-28(2,3)4)31(16-19-10-6-7-14-21(19)29)24(33)17-32-23-15-9-12-18-11-8-13-20(25(18)23)27(32)35/h6-15,22H,5,16-17H2,1-4H3,(H,30,34)/t22-/m1/s1. The predicted octanol–water partition coefficient (Wildman–Crippen LogP) is 5.18. The molecule has 0 bridgehead atoms. The van der Waals surface area contributed by atoms with Crippen LogP contribution in [-0.4, -0.2) is 40.7 Å². The molecule has 6 nitrogen and oxygen atoms in total. The van der Waals surface area contributed by atoms with Crippen molar-refractivity contribution in [2.75, 3.05) is 11.4 Å². The van der Waals surface area contributed by atoms with Gasteiger partial charge in [-0.2, -0.15) is 0 Å². The van der Waals surface area contributed by atoms with Gasteiger partial charge in [0.15, 0.2) is 0 Å². The quantitative estimate of drug-likeness (QED) is 0.495. The lowest BCUT2D eigenvalue weighted by atomic mass is 10.1. The van der Waals surface area contributed by atoms with E-state index in [0.29, 0.717) is 22.7 Å². The lowest BCUT2D eigenvalue weighted by Gasteiger charge is -2.34. The summed E-state index contributed by atoms with van der Waals surface area (Å²) in [6.07, 6.45) is 0.419. The second kappa shape index (κ2) is 9.70. The van der Waals surface area contributed by atoms with Gasteiger partial charge in [0.2, 0.25) is 11.8 Å². The number of hydrogen-bond acceptors (Lipinski definition) is 3. The number of rotatable bonds is 7. The molecule has 3 aromatic carbocycles. The number of anilines is 1. The average molecular weight is 492 g/mol. The predicted molar refractivity (Wildman–Crippen MR) is 140 cm³/mol. The zero-order valence-electron chi connectivity index (χ0n) is 20.5. The summed E-state index contributed by atoms with van der Waals surface area (Å²) in [7, 11) is 0. The number of benzene rings is 3. The zero-order chi connectivity index (χ0) is 25.3. The molecule has 0 fully saturated rings. The van der Waals surface area contributed by atoms with Crippen LogP contribution < -0.4 is 10.2 Å². The van der Waals surface area contributed by atoms with E-state index < -0.39 is 11.6 Å². The first kappa shape index (κ1) is 24.7. The van der Waals surface area contributed by atoms with Crippen LogP contribution in [0.5, 0.6) is 0 Å². The van der Waals surface area contributed by atoms with E-state index in [-0.39, 0.29) is 30.8 Å². The Bertz CT molecular complexity index is 1290. The molecule has 0 saturated carbocycles. The fourth-order valence-electron chi connectivity index (χ4n) is 4.54. The van der Waals surface area contributed by atoms with Crippen molar-refractivity contribution in [3.8, 4) is 0 Å². The van der Waals surface area contributed by atoms with Crippen molar-refractivity contribution in [1.29, 1.82) is 0 Å². The molecular weight excluding hydrogens is 462 g/mol. The highest BCUT2D eigenvalue weighted by Gasteiger charge is 2.35. The van der Waals surface area contributed by atoms with Crippen LogP contribution in [0.3, 0.4) is 0 Å². The van der Waals surface area contributed by atoms with Gasteiger partial charge in [-0.15, -0.1) is 0 Å². The van der Waals surface area contributed by atoms with Gasteiger partial charge in [-0.25, -0.2) is 0 Å². The Morgan fingerprint density at radius 3 is 2.37 bits per heavy atom. The molecule has 0 aromatic heterocycles. The number of carbonyl (C=O) groups excluding carboxylic acids is 3. The van der Waals surface area contributed by atoms with E-state index in [9.17, 15) is 14.4 Å². The van der Waals surface area contributed by atoms with Crippen LogP contribution in [0.25, 0.3) is 10.8 Å². The minimum Gasteiger partial charge on any atom is -0.350 e. The van der Waals surface area contributed by atoms with Crippen LogP contribution >= 0.6 is 11.6 Å². The van der Waals surface area contributed by atoms with Crippen LogP contribution in [0.15, 0.2) is 60.7 Å². The molecular formula is C28H30ClN3O3. The number of halogens is 1. The summed E-state index contributed by atoms with van der Waals surface area (Å²) in [5, 5.41) is 5.31. The normalized spacial score (nSPS) is 13.7. The molecule has 35 heavy (non-hydrogen) atoms. The largest absolute Gasteiger partial charge is 0.350 e. The molecule has 0 unspecified atom stereocenters. The first-order chi connectivity index (χ1) is 16.6. The molecule has 0 saturated heterocycles. The van der Waals surface area contributed by atoms with E-state index in [4.69, 9.17) is 11.6 Å². The molecule has 1 aliphatic heterocycles.